The summed E-state index contributed by atoms with van der Waals surface area (Å²) in [6, 6.07) is 5.71. The molecule has 2 aromatic heterocycles. The van der Waals surface area contributed by atoms with Crippen LogP contribution in [0, 0.1) is 11.3 Å². The molecule has 0 aliphatic rings. The van der Waals surface area contributed by atoms with Gasteiger partial charge in [-0.2, -0.15) is 5.26 Å². The van der Waals surface area contributed by atoms with Crippen LogP contribution in [0.2, 0.25) is 0 Å². The highest BCUT2D eigenvalue weighted by molar-refractivity contribution is 5.32. The molecule has 0 saturated carbocycles. The molecular formula is C12H14N6O. The van der Waals surface area contributed by atoms with Gasteiger partial charge in [0.1, 0.15) is 12.4 Å². The van der Waals surface area contributed by atoms with Crippen LogP contribution in [0.3, 0.4) is 0 Å². The van der Waals surface area contributed by atoms with Gasteiger partial charge in [0.2, 0.25) is 0 Å². The lowest BCUT2D eigenvalue weighted by atomic mass is 10.2. The van der Waals surface area contributed by atoms with E-state index in [0.717, 1.165) is 12.1 Å². The van der Waals surface area contributed by atoms with E-state index in [1.165, 1.54) is 11.0 Å². The van der Waals surface area contributed by atoms with Crippen molar-refractivity contribution in [3.63, 3.8) is 0 Å². The highest BCUT2D eigenvalue weighted by atomic mass is 16.5. The Morgan fingerprint density at radius 3 is 3.11 bits per heavy atom. The number of nitriles is 1. The van der Waals surface area contributed by atoms with E-state index in [1.54, 1.807) is 13.3 Å². The van der Waals surface area contributed by atoms with Crippen LogP contribution >= 0.6 is 0 Å². The average Bonchev–Trinajstić information content (AvgIpc) is 2.93. The molecule has 1 N–H and O–H groups in total. The standard InChI is InChI=1S/C12H14N6O/c1-19-6-5-14-8-10-3-2-4-15-12(10)18-9-16-11(7-13)17-18/h2-4,9,14H,5-6,8H2,1H3. The predicted molar refractivity (Wildman–Crippen MR) is 67.5 cm³/mol. The molecule has 2 heterocycles. The second-order valence-electron chi connectivity index (χ2n) is 3.78. The van der Waals surface area contributed by atoms with Gasteiger partial charge in [-0.15, -0.1) is 5.10 Å². The highest BCUT2D eigenvalue weighted by Gasteiger charge is 2.08. The fraction of sp³-hybridized carbons (Fsp3) is 0.333. The summed E-state index contributed by atoms with van der Waals surface area (Å²) in [4.78, 5) is 8.15. The van der Waals surface area contributed by atoms with Crippen molar-refractivity contribution in [2.45, 2.75) is 6.54 Å². The van der Waals surface area contributed by atoms with E-state index in [1.807, 2.05) is 18.2 Å². The van der Waals surface area contributed by atoms with Gasteiger partial charge in [0.05, 0.1) is 6.61 Å². The monoisotopic (exact) mass is 258 g/mol. The van der Waals surface area contributed by atoms with Crippen LogP contribution in [0.25, 0.3) is 5.82 Å². The topological polar surface area (TPSA) is 88.6 Å². The van der Waals surface area contributed by atoms with Gasteiger partial charge in [0.25, 0.3) is 5.82 Å². The third kappa shape index (κ3) is 3.34. The Bertz CT molecular complexity index is 574. The van der Waals surface area contributed by atoms with Crippen LogP contribution in [0.5, 0.6) is 0 Å². The van der Waals surface area contributed by atoms with Crippen LogP contribution in [0.4, 0.5) is 0 Å². The van der Waals surface area contributed by atoms with Gasteiger partial charge in [-0.05, 0) is 6.07 Å². The number of methoxy groups -OCH3 is 1. The van der Waals surface area contributed by atoms with Crippen LogP contribution in [-0.2, 0) is 11.3 Å². The number of rotatable bonds is 6. The van der Waals surface area contributed by atoms with E-state index in [-0.39, 0.29) is 5.82 Å². The third-order valence-electron chi connectivity index (χ3n) is 2.47. The molecule has 0 fully saturated rings. The fourth-order valence-corrected chi connectivity index (χ4v) is 1.59. The van der Waals surface area contributed by atoms with Crippen LogP contribution < -0.4 is 5.32 Å². The molecule has 0 amide bonds. The molecule has 0 spiro atoms. The number of nitrogens with zero attached hydrogens (tertiary/aromatic N) is 5. The van der Waals surface area contributed by atoms with Crippen molar-refractivity contribution in [3.8, 4) is 11.9 Å². The minimum atomic E-state index is 0.129. The number of pyridine rings is 1. The molecule has 0 atom stereocenters. The number of hydrogen-bond donors (Lipinski definition) is 1. The molecule has 0 bridgehead atoms. The maximum Gasteiger partial charge on any atom is 0.252 e. The molecule has 0 aliphatic heterocycles. The average molecular weight is 258 g/mol. The Kier molecular flexibility index (Phi) is 4.55. The zero-order valence-electron chi connectivity index (χ0n) is 10.6. The summed E-state index contributed by atoms with van der Waals surface area (Å²) in [6.45, 7) is 2.05. The van der Waals surface area contributed by atoms with Gasteiger partial charge >= 0.3 is 0 Å². The van der Waals surface area contributed by atoms with Crippen molar-refractivity contribution in [1.29, 1.82) is 5.26 Å². The van der Waals surface area contributed by atoms with Gasteiger partial charge in [-0.1, -0.05) is 6.07 Å². The number of nitrogens with one attached hydrogen (secondary N) is 1. The summed E-state index contributed by atoms with van der Waals surface area (Å²) in [5, 5.41) is 16.0. The minimum Gasteiger partial charge on any atom is -0.383 e. The molecule has 0 saturated heterocycles. The van der Waals surface area contributed by atoms with E-state index >= 15 is 0 Å². The van der Waals surface area contributed by atoms with Gasteiger partial charge in [0, 0.05) is 32.0 Å². The fourth-order valence-electron chi connectivity index (χ4n) is 1.59. The van der Waals surface area contributed by atoms with Crippen LogP contribution in [0.15, 0.2) is 24.7 Å². The molecule has 0 aliphatic carbocycles. The van der Waals surface area contributed by atoms with Gasteiger partial charge in [-0.25, -0.2) is 14.6 Å². The molecular weight excluding hydrogens is 244 g/mol. The van der Waals surface area contributed by atoms with E-state index in [9.17, 15) is 0 Å². The molecule has 7 nitrogen and oxygen atoms in total. The maximum absolute atomic E-state index is 8.73. The summed E-state index contributed by atoms with van der Waals surface area (Å²) in [6.07, 6.45) is 3.17. The van der Waals surface area contributed by atoms with E-state index in [0.29, 0.717) is 19.0 Å². The minimum absolute atomic E-state index is 0.129. The summed E-state index contributed by atoms with van der Waals surface area (Å²) in [5.41, 5.74) is 0.980. The van der Waals surface area contributed by atoms with Gasteiger partial charge in [-0.3, -0.25) is 0 Å². The second-order valence-corrected chi connectivity index (χ2v) is 3.78. The smallest absolute Gasteiger partial charge is 0.252 e. The predicted octanol–water partition coefficient (Wildman–Crippen LogP) is 0.270. The number of hydrogen-bond acceptors (Lipinski definition) is 6. The van der Waals surface area contributed by atoms with Crippen molar-refractivity contribution in [2.24, 2.45) is 0 Å². The Hall–Kier alpha value is -2.30. The maximum atomic E-state index is 8.73. The summed E-state index contributed by atoms with van der Waals surface area (Å²) in [7, 11) is 1.66. The third-order valence-corrected chi connectivity index (χ3v) is 2.47. The Balaban J connectivity index is 2.14. The van der Waals surface area contributed by atoms with Crippen LogP contribution in [0.1, 0.15) is 11.4 Å². The molecule has 2 rings (SSSR count). The molecule has 98 valence electrons. The van der Waals surface area contributed by atoms with E-state index in [2.05, 4.69) is 20.4 Å². The number of aromatic nitrogens is 4. The summed E-state index contributed by atoms with van der Waals surface area (Å²) >= 11 is 0. The zero-order valence-corrected chi connectivity index (χ0v) is 10.6. The van der Waals surface area contributed by atoms with Gasteiger partial charge in [0.15, 0.2) is 5.82 Å². The first-order chi connectivity index (χ1) is 9.35. The zero-order chi connectivity index (χ0) is 13.5. The van der Waals surface area contributed by atoms with Crippen molar-refractivity contribution in [2.75, 3.05) is 20.3 Å². The SMILES string of the molecule is COCCNCc1cccnc1-n1cnc(C#N)n1. The number of ether oxygens (including phenoxy) is 1. The van der Waals surface area contributed by atoms with Crippen molar-refractivity contribution >= 4 is 0 Å². The van der Waals surface area contributed by atoms with E-state index < -0.39 is 0 Å². The molecule has 19 heavy (non-hydrogen) atoms. The second kappa shape index (κ2) is 6.58. The van der Waals surface area contributed by atoms with Crippen molar-refractivity contribution < 1.29 is 4.74 Å². The molecule has 2 aromatic rings. The normalized spacial score (nSPS) is 10.3. The van der Waals surface area contributed by atoms with Crippen molar-refractivity contribution in [1.82, 2.24) is 25.1 Å². The first kappa shape index (κ1) is 13.1. The van der Waals surface area contributed by atoms with Crippen molar-refractivity contribution in [3.05, 3.63) is 36.0 Å². The first-order valence-corrected chi connectivity index (χ1v) is 5.81. The molecule has 0 unspecified atom stereocenters. The Labute approximate surface area is 110 Å². The van der Waals surface area contributed by atoms with Crippen LogP contribution in [-0.4, -0.2) is 40.0 Å². The quantitative estimate of drug-likeness (QED) is 0.748. The lowest BCUT2D eigenvalue weighted by Gasteiger charge is -2.08. The lowest BCUT2D eigenvalue weighted by Crippen LogP contribution is -2.20. The largest absolute Gasteiger partial charge is 0.383 e. The highest BCUT2D eigenvalue weighted by Crippen LogP contribution is 2.09. The van der Waals surface area contributed by atoms with E-state index in [4.69, 9.17) is 10.00 Å². The van der Waals surface area contributed by atoms with Gasteiger partial charge < -0.3 is 10.1 Å². The first-order valence-electron chi connectivity index (χ1n) is 5.81. The molecule has 0 aromatic carbocycles. The molecule has 7 heteroatoms. The summed E-state index contributed by atoms with van der Waals surface area (Å²) < 4.78 is 6.48. The summed E-state index contributed by atoms with van der Waals surface area (Å²) in [5.74, 6) is 0.797. The molecule has 0 radical (unpaired) electrons. The lowest BCUT2D eigenvalue weighted by molar-refractivity contribution is 0.199. The Morgan fingerprint density at radius 1 is 1.47 bits per heavy atom. The Morgan fingerprint density at radius 2 is 2.37 bits per heavy atom.